The van der Waals surface area contributed by atoms with Gasteiger partial charge in [-0.3, -0.25) is 14.6 Å². The smallest absolute Gasteiger partial charge is 0.223 e. The van der Waals surface area contributed by atoms with Crippen molar-refractivity contribution < 1.29 is 9.53 Å². The Balaban J connectivity index is 1.54. The van der Waals surface area contributed by atoms with Crippen molar-refractivity contribution in [2.24, 2.45) is 5.92 Å². The second kappa shape index (κ2) is 11.6. The minimum atomic E-state index is 0.0936. The molecule has 1 saturated heterocycles. The van der Waals surface area contributed by atoms with Crippen LogP contribution in [0.1, 0.15) is 49.0 Å². The number of hydrogen-bond acceptors (Lipinski definition) is 6. The molecule has 0 saturated carbocycles. The molecule has 1 aliphatic heterocycles. The molecule has 2 aromatic rings. The van der Waals surface area contributed by atoms with Gasteiger partial charge in [0, 0.05) is 24.4 Å². The Labute approximate surface area is 190 Å². The van der Waals surface area contributed by atoms with E-state index in [0.29, 0.717) is 6.54 Å². The minimum absolute atomic E-state index is 0.0936. The van der Waals surface area contributed by atoms with Gasteiger partial charge in [-0.25, -0.2) is 4.98 Å². The van der Waals surface area contributed by atoms with Gasteiger partial charge < -0.3 is 10.1 Å². The fourth-order valence-electron chi connectivity index (χ4n) is 4.38. The van der Waals surface area contributed by atoms with E-state index in [1.807, 2.05) is 19.1 Å². The number of benzene rings is 1. The van der Waals surface area contributed by atoms with E-state index in [4.69, 9.17) is 4.74 Å². The topological polar surface area (TPSA) is 57.7 Å². The highest BCUT2D eigenvalue weighted by molar-refractivity contribution is 7.09. The molecule has 3 rings (SSSR count). The van der Waals surface area contributed by atoms with Gasteiger partial charge in [0.1, 0.15) is 5.75 Å². The largest absolute Gasteiger partial charge is 0.497 e. The van der Waals surface area contributed by atoms with Crippen molar-refractivity contribution in [3.63, 3.8) is 0 Å². The third kappa shape index (κ3) is 6.51. The number of aryl methyl sites for hydroxylation is 1. The molecule has 31 heavy (non-hydrogen) atoms. The molecule has 0 radical (unpaired) electrons. The van der Waals surface area contributed by atoms with Crippen LogP contribution in [0.5, 0.6) is 5.75 Å². The van der Waals surface area contributed by atoms with Gasteiger partial charge in [0.05, 0.1) is 23.9 Å². The quantitative estimate of drug-likeness (QED) is 0.603. The second-order valence-corrected chi connectivity index (χ2v) is 9.23. The van der Waals surface area contributed by atoms with Crippen molar-refractivity contribution in [2.45, 2.75) is 46.2 Å². The molecule has 1 aromatic heterocycles. The van der Waals surface area contributed by atoms with E-state index in [2.05, 4.69) is 51.5 Å². The van der Waals surface area contributed by atoms with Crippen LogP contribution >= 0.6 is 11.3 Å². The maximum atomic E-state index is 12.9. The van der Waals surface area contributed by atoms with Crippen LogP contribution in [-0.2, 0) is 11.3 Å². The number of amides is 1. The maximum absolute atomic E-state index is 12.9. The van der Waals surface area contributed by atoms with E-state index >= 15 is 0 Å². The molecular formula is C24H36N4O2S. The van der Waals surface area contributed by atoms with Crippen molar-refractivity contribution in [2.75, 3.05) is 39.8 Å². The number of nitrogens with one attached hydrogen (secondary N) is 1. The number of likely N-dealkylation sites (tertiary alicyclic amines) is 1. The number of piperidine rings is 1. The van der Waals surface area contributed by atoms with Gasteiger partial charge in [-0.1, -0.05) is 26.0 Å². The summed E-state index contributed by atoms with van der Waals surface area (Å²) in [5.41, 5.74) is 2.32. The SMILES string of the molecule is CCN(CC)C(CNC(=O)C1CCN(Cc2csc(C)n2)CC1)c1cccc(OC)c1. The van der Waals surface area contributed by atoms with E-state index in [9.17, 15) is 4.79 Å². The lowest BCUT2D eigenvalue weighted by Gasteiger charge is -2.33. The number of likely N-dealkylation sites (N-methyl/N-ethyl adjacent to an activating group) is 1. The summed E-state index contributed by atoms with van der Waals surface area (Å²) in [5.74, 6) is 1.13. The van der Waals surface area contributed by atoms with E-state index in [1.165, 1.54) is 5.56 Å². The maximum Gasteiger partial charge on any atom is 0.223 e. The Hall–Kier alpha value is -1.96. The van der Waals surface area contributed by atoms with Crippen LogP contribution in [0.4, 0.5) is 0 Å². The molecule has 6 nitrogen and oxygen atoms in total. The Bertz CT molecular complexity index is 828. The second-order valence-electron chi connectivity index (χ2n) is 8.17. The van der Waals surface area contributed by atoms with Gasteiger partial charge >= 0.3 is 0 Å². The molecule has 1 aromatic carbocycles. The van der Waals surface area contributed by atoms with E-state index in [1.54, 1.807) is 18.4 Å². The molecule has 170 valence electrons. The van der Waals surface area contributed by atoms with Crippen molar-refractivity contribution in [3.05, 3.63) is 45.9 Å². The number of nitrogens with zero attached hydrogens (tertiary/aromatic N) is 3. The number of rotatable bonds is 10. The number of carbonyl (C=O) groups excluding carboxylic acids is 1. The van der Waals surface area contributed by atoms with Crippen LogP contribution in [0, 0.1) is 12.8 Å². The number of carbonyl (C=O) groups is 1. The van der Waals surface area contributed by atoms with Gasteiger partial charge in [0.25, 0.3) is 0 Å². The zero-order valence-electron chi connectivity index (χ0n) is 19.3. The summed E-state index contributed by atoms with van der Waals surface area (Å²) in [5, 5.41) is 6.51. The average molecular weight is 445 g/mol. The molecule has 1 amide bonds. The summed E-state index contributed by atoms with van der Waals surface area (Å²) in [6.07, 6.45) is 1.81. The lowest BCUT2D eigenvalue weighted by atomic mass is 9.95. The fourth-order valence-corrected chi connectivity index (χ4v) is 4.98. The predicted octanol–water partition coefficient (Wildman–Crippen LogP) is 3.87. The zero-order valence-corrected chi connectivity index (χ0v) is 20.1. The first-order valence-electron chi connectivity index (χ1n) is 11.3. The minimum Gasteiger partial charge on any atom is -0.497 e. The molecule has 1 atom stereocenters. The molecule has 1 unspecified atom stereocenters. The standard InChI is InChI=1S/C24H36N4O2S/c1-5-28(6-2)23(20-8-7-9-22(14-20)30-4)15-25-24(29)19-10-12-27(13-11-19)16-21-17-31-18(3)26-21/h7-9,14,17,19,23H,5-6,10-13,15-16H2,1-4H3,(H,25,29). The highest BCUT2D eigenvalue weighted by Crippen LogP contribution is 2.25. The van der Waals surface area contributed by atoms with Gasteiger partial charge in [-0.15, -0.1) is 11.3 Å². The van der Waals surface area contributed by atoms with Gasteiger partial charge in [0.2, 0.25) is 5.91 Å². The Kier molecular flexibility index (Phi) is 8.87. The van der Waals surface area contributed by atoms with Gasteiger partial charge in [-0.2, -0.15) is 0 Å². The highest BCUT2D eigenvalue weighted by Gasteiger charge is 2.27. The van der Waals surface area contributed by atoms with Crippen LogP contribution in [-0.4, -0.2) is 60.5 Å². The van der Waals surface area contributed by atoms with Crippen molar-refractivity contribution in [1.82, 2.24) is 20.1 Å². The van der Waals surface area contributed by atoms with Gasteiger partial charge in [-0.05, 0) is 63.6 Å². The summed E-state index contributed by atoms with van der Waals surface area (Å²) < 4.78 is 5.41. The molecule has 0 bridgehead atoms. The Morgan fingerprint density at radius 3 is 2.68 bits per heavy atom. The zero-order chi connectivity index (χ0) is 22.2. The first-order chi connectivity index (χ1) is 15.0. The fraction of sp³-hybridized carbons (Fsp3) is 0.583. The van der Waals surface area contributed by atoms with E-state index in [-0.39, 0.29) is 17.9 Å². The first kappa shape index (κ1) is 23.7. The summed E-state index contributed by atoms with van der Waals surface area (Å²) >= 11 is 1.70. The molecule has 0 spiro atoms. The van der Waals surface area contributed by atoms with Crippen LogP contribution in [0.25, 0.3) is 0 Å². The van der Waals surface area contributed by atoms with Crippen molar-refractivity contribution >= 4 is 17.2 Å². The van der Waals surface area contributed by atoms with Crippen LogP contribution in [0.15, 0.2) is 29.6 Å². The van der Waals surface area contributed by atoms with Crippen LogP contribution < -0.4 is 10.1 Å². The number of ether oxygens (including phenoxy) is 1. The normalized spacial score (nSPS) is 16.4. The molecule has 7 heteroatoms. The number of thiazole rings is 1. The lowest BCUT2D eigenvalue weighted by molar-refractivity contribution is -0.126. The number of methoxy groups -OCH3 is 1. The third-order valence-electron chi connectivity index (χ3n) is 6.21. The molecule has 0 aliphatic carbocycles. The molecule has 1 aliphatic rings. The number of aromatic nitrogens is 1. The molecular weight excluding hydrogens is 408 g/mol. The summed E-state index contributed by atoms with van der Waals surface area (Å²) in [6.45, 7) is 11.6. The Morgan fingerprint density at radius 1 is 1.32 bits per heavy atom. The number of hydrogen-bond donors (Lipinski definition) is 1. The molecule has 2 heterocycles. The highest BCUT2D eigenvalue weighted by atomic mass is 32.1. The molecule has 1 N–H and O–H groups in total. The average Bonchev–Trinajstić information content (AvgIpc) is 3.21. The lowest BCUT2D eigenvalue weighted by Crippen LogP contribution is -2.43. The Morgan fingerprint density at radius 2 is 2.06 bits per heavy atom. The summed E-state index contributed by atoms with van der Waals surface area (Å²) in [7, 11) is 1.69. The van der Waals surface area contributed by atoms with Crippen molar-refractivity contribution in [3.8, 4) is 5.75 Å². The van der Waals surface area contributed by atoms with Gasteiger partial charge in [0.15, 0.2) is 0 Å². The van der Waals surface area contributed by atoms with Crippen molar-refractivity contribution in [1.29, 1.82) is 0 Å². The third-order valence-corrected chi connectivity index (χ3v) is 7.03. The summed E-state index contributed by atoms with van der Waals surface area (Å²) in [6, 6.07) is 8.32. The van der Waals surface area contributed by atoms with Crippen LogP contribution in [0.2, 0.25) is 0 Å². The first-order valence-corrected chi connectivity index (χ1v) is 12.2. The van der Waals surface area contributed by atoms with E-state index < -0.39 is 0 Å². The monoisotopic (exact) mass is 444 g/mol. The predicted molar refractivity (Wildman–Crippen MR) is 127 cm³/mol. The van der Waals surface area contributed by atoms with Crippen LogP contribution in [0.3, 0.4) is 0 Å². The molecule has 1 fully saturated rings. The van der Waals surface area contributed by atoms with E-state index in [0.717, 1.165) is 62.0 Å². The summed E-state index contributed by atoms with van der Waals surface area (Å²) in [4.78, 5) is 22.3.